The van der Waals surface area contributed by atoms with Gasteiger partial charge in [-0.2, -0.15) is 5.26 Å². The number of nitriles is 1. The summed E-state index contributed by atoms with van der Waals surface area (Å²) in [4.78, 5) is 4.93. The second-order valence-corrected chi connectivity index (χ2v) is 5.62. The Kier molecular flexibility index (Phi) is 3.80. The predicted molar refractivity (Wildman–Crippen MR) is 79.7 cm³/mol. The third-order valence-electron chi connectivity index (χ3n) is 3.70. The Hall–Kier alpha value is -2.06. The van der Waals surface area contributed by atoms with E-state index in [0.29, 0.717) is 5.88 Å². The highest BCUT2D eigenvalue weighted by atomic mass is 32.2. The molecular formula is C16H13FN2OS. The number of fused-ring (bicyclic) bond motifs is 1. The van der Waals surface area contributed by atoms with Crippen LogP contribution < -0.4 is 4.74 Å². The summed E-state index contributed by atoms with van der Waals surface area (Å²) in [6, 6.07) is 5.09. The lowest BCUT2D eigenvalue weighted by atomic mass is 10.0. The van der Waals surface area contributed by atoms with Crippen molar-refractivity contribution in [3.05, 3.63) is 41.3 Å². The van der Waals surface area contributed by atoms with Crippen LogP contribution in [0.25, 0.3) is 11.1 Å². The van der Waals surface area contributed by atoms with E-state index in [1.807, 2.05) is 0 Å². The molecule has 0 unspecified atom stereocenters. The van der Waals surface area contributed by atoms with Crippen molar-refractivity contribution in [2.45, 2.75) is 24.2 Å². The molecule has 5 heteroatoms. The predicted octanol–water partition coefficient (Wildman–Crippen LogP) is 3.96. The Morgan fingerprint density at radius 1 is 1.33 bits per heavy atom. The Bertz CT molecular complexity index is 740. The molecule has 0 amide bonds. The zero-order chi connectivity index (χ0) is 14.8. The zero-order valence-electron chi connectivity index (χ0n) is 11.5. The first-order chi connectivity index (χ1) is 10.2. The molecule has 0 saturated heterocycles. The van der Waals surface area contributed by atoms with Gasteiger partial charge in [0.25, 0.3) is 0 Å². The lowest BCUT2D eigenvalue weighted by Gasteiger charge is -2.13. The van der Waals surface area contributed by atoms with Crippen LogP contribution in [0.15, 0.2) is 29.3 Å². The Balaban J connectivity index is 2.22. The van der Waals surface area contributed by atoms with Crippen LogP contribution >= 0.6 is 11.8 Å². The van der Waals surface area contributed by atoms with Crippen molar-refractivity contribution in [2.75, 3.05) is 7.11 Å². The largest absolute Gasteiger partial charge is 0.481 e. The molecule has 1 aromatic heterocycles. The van der Waals surface area contributed by atoms with Gasteiger partial charge in [0.05, 0.1) is 7.11 Å². The van der Waals surface area contributed by atoms with Crippen LogP contribution in [0.2, 0.25) is 0 Å². The first-order valence-corrected chi connectivity index (χ1v) is 7.47. The summed E-state index contributed by atoms with van der Waals surface area (Å²) in [5.41, 5.74) is 3.29. The summed E-state index contributed by atoms with van der Waals surface area (Å²) < 4.78 is 19.4. The van der Waals surface area contributed by atoms with Crippen LogP contribution in [0.4, 0.5) is 4.39 Å². The van der Waals surface area contributed by atoms with Gasteiger partial charge in [-0.1, -0.05) is 0 Å². The van der Waals surface area contributed by atoms with Gasteiger partial charge in [0.1, 0.15) is 11.2 Å². The topological polar surface area (TPSA) is 45.9 Å². The van der Waals surface area contributed by atoms with Gasteiger partial charge in [-0.05, 0) is 65.4 Å². The zero-order valence-corrected chi connectivity index (χ0v) is 12.3. The minimum Gasteiger partial charge on any atom is -0.481 e. The maximum absolute atomic E-state index is 14.3. The van der Waals surface area contributed by atoms with E-state index in [9.17, 15) is 4.39 Å². The molecular weight excluding hydrogens is 287 g/mol. The number of pyridine rings is 1. The highest BCUT2D eigenvalue weighted by Gasteiger charge is 2.23. The van der Waals surface area contributed by atoms with E-state index in [4.69, 9.17) is 10.00 Å². The number of ether oxygens (including phenoxy) is 1. The molecule has 1 aromatic carbocycles. The Labute approximate surface area is 126 Å². The summed E-state index contributed by atoms with van der Waals surface area (Å²) in [6.07, 6.45) is 4.14. The van der Waals surface area contributed by atoms with Crippen molar-refractivity contribution in [1.82, 2.24) is 4.98 Å². The molecule has 106 valence electrons. The summed E-state index contributed by atoms with van der Waals surface area (Å²) in [5, 5.41) is 11.2. The molecule has 0 radical (unpaired) electrons. The van der Waals surface area contributed by atoms with Gasteiger partial charge in [-0.15, -0.1) is 0 Å². The van der Waals surface area contributed by atoms with Crippen molar-refractivity contribution in [3.8, 4) is 22.4 Å². The highest BCUT2D eigenvalue weighted by molar-refractivity contribution is 8.03. The molecule has 0 atom stereocenters. The maximum Gasteiger partial charge on any atom is 0.213 e. The summed E-state index contributed by atoms with van der Waals surface area (Å²) in [7, 11) is 1.54. The maximum atomic E-state index is 14.3. The number of hydrogen-bond donors (Lipinski definition) is 0. The van der Waals surface area contributed by atoms with E-state index >= 15 is 0 Å². The summed E-state index contributed by atoms with van der Waals surface area (Å²) >= 11 is 1.10. The minimum atomic E-state index is -0.185. The van der Waals surface area contributed by atoms with E-state index in [1.54, 1.807) is 25.4 Å². The first kappa shape index (κ1) is 13.9. The smallest absolute Gasteiger partial charge is 0.213 e. The van der Waals surface area contributed by atoms with E-state index in [1.165, 1.54) is 6.07 Å². The second kappa shape index (κ2) is 5.74. The average Bonchev–Trinajstić information content (AvgIpc) is 3.00. The molecule has 1 heterocycles. The number of hydrogen-bond acceptors (Lipinski definition) is 4. The van der Waals surface area contributed by atoms with E-state index < -0.39 is 0 Å². The fourth-order valence-corrected chi connectivity index (χ4v) is 3.49. The van der Waals surface area contributed by atoms with Crippen molar-refractivity contribution in [1.29, 1.82) is 5.26 Å². The fraction of sp³-hybridized carbons (Fsp3) is 0.250. The van der Waals surface area contributed by atoms with Gasteiger partial charge >= 0.3 is 0 Å². The molecule has 0 aliphatic heterocycles. The molecule has 0 bridgehead atoms. The lowest BCUT2D eigenvalue weighted by Crippen LogP contribution is -1.96. The highest BCUT2D eigenvalue weighted by Crippen LogP contribution is 2.41. The van der Waals surface area contributed by atoms with Gasteiger partial charge < -0.3 is 4.74 Å². The number of thioether (sulfide) groups is 1. The third-order valence-corrected chi connectivity index (χ3v) is 4.46. The molecule has 2 aromatic rings. The lowest BCUT2D eigenvalue weighted by molar-refractivity contribution is 0.398. The molecule has 0 saturated carbocycles. The van der Waals surface area contributed by atoms with Crippen LogP contribution in [0.3, 0.4) is 0 Å². The second-order valence-electron chi connectivity index (χ2n) is 4.83. The quantitative estimate of drug-likeness (QED) is 0.636. The number of rotatable bonds is 3. The van der Waals surface area contributed by atoms with Gasteiger partial charge in [0.2, 0.25) is 5.88 Å². The monoisotopic (exact) mass is 300 g/mol. The minimum absolute atomic E-state index is 0.185. The van der Waals surface area contributed by atoms with Gasteiger partial charge in [-0.25, -0.2) is 9.37 Å². The number of aromatic nitrogens is 1. The van der Waals surface area contributed by atoms with Crippen LogP contribution in [0.5, 0.6) is 5.88 Å². The molecule has 3 nitrogen and oxygen atoms in total. The van der Waals surface area contributed by atoms with Crippen molar-refractivity contribution in [2.24, 2.45) is 0 Å². The number of methoxy groups -OCH3 is 1. The van der Waals surface area contributed by atoms with E-state index in [2.05, 4.69) is 10.4 Å². The molecule has 1 aliphatic rings. The number of nitrogens with zero attached hydrogens (tertiary/aromatic N) is 2. The number of benzene rings is 1. The Morgan fingerprint density at radius 3 is 2.90 bits per heavy atom. The van der Waals surface area contributed by atoms with Gasteiger partial charge in [0.15, 0.2) is 0 Å². The fourth-order valence-electron chi connectivity index (χ4n) is 2.77. The number of halogens is 1. The Morgan fingerprint density at radius 2 is 2.14 bits per heavy atom. The number of thiocyanates is 1. The van der Waals surface area contributed by atoms with E-state index in [-0.39, 0.29) is 5.82 Å². The van der Waals surface area contributed by atoms with Crippen LogP contribution in [0.1, 0.15) is 17.5 Å². The average molecular weight is 300 g/mol. The van der Waals surface area contributed by atoms with Crippen molar-refractivity contribution >= 4 is 11.8 Å². The SMILES string of the molecule is COc1cc(-c2cc(F)c3c(c2SC#N)CCC3)ccn1. The molecule has 0 spiro atoms. The molecule has 1 aliphatic carbocycles. The van der Waals surface area contributed by atoms with Gasteiger partial charge in [-0.3, -0.25) is 0 Å². The van der Waals surface area contributed by atoms with Crippen LogP contribution in [-0.4, -0.2) is 12.1 Å². The van der Waals surface area contributed by atoms with Crippen LogP contribution in [-0.2, 0) is 12.8 Å². The summed E-state index contributed by atoms with van der Waals surface area (Å²) in [5.74, 6) is 0.289. The van der Waals surface area contributed by atoms with Crippen LogP contribution in [0, 0.1) is 16.5 Å². The molecule has 0 N–H and O–H groups in total. The normalized spacial score (nSPS) is 12.8. The van der Waals surface area contributed by atoms with E-state index in [0.717, 1.165) is 58.2 Å². The molecule has 0 fully saturated rings. The van der Waals surface area contributed by atoms with Gasteiger partial charge in [0, 0.05) is 17.2 Å². The summed E-state index contributed by atoms with van der Waals surface area (Å²) in [6.45, 7) is 0. The molecule has 3 rings (SSSR count). The van der Waals surface area contributed by atoms with Crippen molar-refractivity contribution in [3.63, 3.8) is 0 Å². The van der Waals surface area contributed by atoms with Crippen molar-refractivity contribution < 1.29 is 9.13 Å². The molecule has 21 heavy (non-hydrogen) atoms. The standard InChI is InChI=1S/C16H13FN2OS/c1-20-15-7-10(5-6-19-15)13-8-14(17)11-3-2-4-12(11)16(13)21-9-18/h5-8H,2-4H2,1H3. The third kappa shape index (κ3) is 2.47. The first-order valence-electron chi connectivity index (χ1n) is 6.65.